The fourth-order valence-electron chi connectivity index (χ4n) is 4.09. The molecule has 32 heavy (non-hydrogen) atoms. The summed E-state index contributed by atoms with van der Waals surface area (Å²) in [5.41, 5.74) is 3.38. The zero-order chi connectivity index (χ0) is 22.2. The summed E-state index contributed by atoms with van der Waals surface area (Å²) in [5.74, 6) is 0.0989. The number of anilines is 1. The minimum absolute atomic E-state index is 0.205. The van der Waals surface area contributed by atoms with Crippen LogP contribution in [0.25, 0.3) is 0 Å². The van der Waals surface area contributed by atoms with Gasteiger partial charge in [0.25, 0.3) is 0 Å². The van der Waals surface area contributed by atoms with E-state index >= 15 is 0 Å². The lowest BCUT2D eigenvalue weighted by Gasteiger charge is -2.22. The SMILES string of the molecule is O=C(NCCCc1ccc(N2CCCCCC2)cc1)C(=O)NCc1ccc2c(c1)OCO2. The molecule has 2 aliphatic rings. The van der Waals surface area contributed by atoms with Crippen LogP contribution < -0.4 is 25.0 Å². The second-order valence-corrected chi connectivity index (χ2v) is 8.30. The smallest absolute Gasteiger partial charge is 0.309 e. The number of hydrogen-bond donors (Lipinski definition) is 2. The zero-order valence-electron chi connectivity index (χ0n) is 18.4. The normalized spacial score (nSPS) is 15.2. The number of nitrogens with one attached hydrogen (secondary N) is 2. The first-order valence-corrected chi connectivity index (χ1v) is 11.5. The van der Waals surface area contributed by atoms with Gasteiger partial charge in [0.2, 0.25) is 6.79 Å². The Morgan fingerprint density at radius 1 is 0.812 bits per heavy atom. The molecule has 170 valence electrons. The van der Waals surface area contributed by atoms with Gasteiger partial charge < -0.3 is 25.0 Å². The standard InChI is InChI=1S/C25H31N3O4/c29-24(25(30)27-17-20-9-12-22-23(16-20)32-18-31-22)26-13-5-6-19-7-10-21(11-8-19)28-14-3-1-2-4-15-28/h7-12,16H,1-6,13-15,17-18H2,(H,26,29)(H,27,30). The molecule has 4 rings (SSSR count). The van der Waals surface area contributed by atoms with Crippen LogP contribution in [0.4, 0.5) is 5.69 Å². The van der Waals surface area contributed by atoms with Gasteiger partial charge in [0, 0.05) is 31.9 Å². The molecular formula is C25H31N3O4. The van der Waals surface area contributed by atoms with E-state index in [1.54, 1.807) is 12.1 Å². The van der Waals surface area contributed by atoms with Crippen LogP contribution in [0.5, 0.6) is 11.5 Å². The molecule has 7 heteroatoms. The van der Waals surface area contributed by atoms with Crippen molar-refractivity contribution in [1.82, 2.24) is 10.6 Å². The Morgan fingerprint density at radius 2 is 1.50 bits per heavy atom. The minimum Gasteiger partial charge on any atom is -0.454 e. The van der Waals surface area contributed by atoms with Gasteiger partial charge in [0.15, 0.2) is 11.5 Å². The minimum atomic E-state index is -0.635. The molecule has 2 aromatic rings. The zero-order valence-corrected chi connectivity index (χ0v) is 18.4. The van der Waals surface area contributed by atoms with Crippen LogP contribution in [0.2, 0.25) is 0 Å². The van der Waals surface area contributed by atoms with Crippen LogP contribution in [0, 0.1) is 0 Å². The number of fused-ring (bicyclic) bond motifs is 1. The number of ether oxygens (including phenoxy) is 2. The van der Waals surface area contributed by atoms with Crippen LogP contribution in [0.3, 0.4) is 0 Å². The molecule has 0 unspecified atom stereocenters. The van der Waals surface area contributed by atoms with E-state index in [9.17, 15) is 9.59 Å². The first-order chi connectivity index (χ1) is 15.7. The van der Waals surface area contributed by atoms with Crippen LogP contribution >= 0.6 is 0 Å². The average molecular weight is 438 g/mol. The first-order valence-electron chi connectivity index (χ1n) is 11.5. The summed E-state index contributed by atoms with van der Waals surface area (Å²) in [6.45, 7) is 3.21. The highest BCUT2D eigenvalue weighted by molar-refractivity contribution is 6.35. The highest BCUT2D eigenvalue weighted by Gasteiger charge is 2.16. The van der Waals surface area contributed by atoms with Crippen molar-refractivity contribution >= 4 is 17.5 Å². The number of amides is 2. The maximum Gasteiger partial charge on any atom is 0.309 e. The van der Waals surface area contributed by atoms with E-state index in [0.717, 1.165) is 31.5 Å². The Bertz CT molecular complexity index is 921. The maximum absolute atomic E-state index is 12.0. The van der Waals surface area contributed by atoms with Crippen LogP contribution in [-0.4, -0.2) is 38.2 Å². The van der Waals surface area contributed by atoms with Crippen LogP contribution in [0.15, 0.2) is 42.5 Å². The van der Waals surface area contributed by atoms with Crippen molar-refractivity contribution in [2.75, 3.05) is 31.3 Å². The third-order valence-electron chi connectivity index (χ3n) is 5.93. The third-order valence-corrected chi connectivity index (χ3v) is 5.93. The third kappa shape index (κ3) is 5.93. The molecule has 0 radical (unpaired) electrons. The summed E-state index contributed by atoms with van der Waals surface area (Å²) < 4.78 is 10.6. The van der Waals surface area contributed by atoms with Gasteiger partial charge in [-0.05, 0) is 61.1 Å². The molecule has 0 atom stereocenters. The fraction of sp³-hybridized carbons (Fsp3) is 0.440. The van der Waals surface area contributed by atoms with Crippen molar-refractivity contribution in [1.29, 1.82) is 0 Å². The van der Waals surface area contributed by atoms with Gasteiger partial charge in [-0.2, -0.15) is 0 Å². The number of aryl methyl sites for hydroxylation is 1. The lowest BCUT2D eigenvalue weighted by atomic mass is 10.1. The predicted molar refractivity (Wildman–Crippen MR) is 123 cm³/mol. The van der Waals surface area contributed by atoms with Gasteiger partial charge in [-0.15, -0.1) is 0 Å². The molecule has 1 saturated heterocycles. The van der Waals surface area contributed by atoms with Crippen molar-refractivity contribution in [2.24, 2.45) is 0 Å². The lowest BCUT2D eigenvalue weighted by molar-refractivity contribution is -0.139. The second kappa shape index (κ2) is 10.9. The summed E-state index contributed by atoms with van der Waals surface area (Å²) in [6, 6.07) is 14.2. The Kier molecular flexibility index (Phi) is 7.48. The van der Waals surface area contributed by atoms with E-state index in [1.165, 1.54) is 36.9 Å². The molecule has 2 heterocycles. The molecule has 1 fully saturated rings. The van der Waals surface area contributed by atoms with Gasteiger partial charge in [0.1, 0.15) is 0 Å². The monoisotopic (exact) mass is 437 g/mol. The average Bonchev–Trinajstić information content (AvgIpc) is 3.12. The Balaban J connectivity index is 1.14. The summed E-state index contributed by atoms with van der Waals surface area (Å²) in [4.78, 5) is 26.6. The van der Waals surface area contributed by atoms with E-state index in [1.807, 2.05) is 6.07 Å². The molecule has 2 aliphatic heterocycles. The Morgan fingerprint density at radius 3 is 2.28 bits per heavy atom. The number of benzene rings is 2. The highest BCUT2D eigenvalue weighted by atomic mass is 16.7. The number of nitrogens with zero attached hydrogens (tertiary/aromatic N) is 1. The van der Waals surface area contributed by atoms with E-state index in [2.05, 4.69) is 39.8 Å². The summed E-state index contributed by atoms with van der Waals surface area (Å²) in [5, 5.41) is 5.34. The van der Waals surface area contributed by atoms with Crippen molar-refractivity contribution in [3.63, 3.8) is 0 Å². The molecule has 2 amide bonds. The molecule has 0 saturated carbocycles. The van der Waals surface area contributed by atoms with Gasteiger partial charge in [0.05, 0.1) is 0 Å². The largest absolute Gasteiger partial charge is 0.454 e. The van der Waals surface area contributed by atoms with E-state index in [4.69, 9.17) is 9.47 Å². The molecule has 0 aliphatic carbocycles. The first kappa shape index (κ1) is 22.0. The molecule has 7 nitrogen and oxygen atoms in total. The summed E-state index contributed by atoms with van der Waals surface area (Å²) in [6.07, 6.45) is 6.84. The lowest BCUT2D eigenvalue weighted by Crippen LogP contribution is -2.40. The fourth-order valence-corrected chi connectivity index (χ4v) is 4.09. The van der Waals surface area contributed by atoms with E-state index in [0.29, 0.717) is 18.0 Å². The number of carbonyl (C=O) groups excluding carboxylic acids is 2. The Labute approximate surface area is 189 Å². The van der Waals surface area contributed by atoms with Crippen LogP contribution in [-0.2, 0) is 22.6 Å². The van der Waals surface area contributed by atoms with Gasteiger partial charge in [-0.3, -0.25) is 9.59 Å². The number of carbonyl (C=O) groups is 2. The molecule has 2 aromatic carbocycles. The predicted octanol–water partition coefficient (Wildman–Crippen LogP) is 3.16. The molecule has 0 bridgehead atoms. The Hall–Kier alpha value is -3.22. The molecule has 0 aromatic heterocycles. The number of rotatable bonds is 7. The summed E-state index contributed by atoms with van der Waals surface area (Å²) >= 11 is 0. The summed E-state index contributed by atoms with van der Waals surface area (Å²) in [7, 11) is 0. The van der Waals surface area contributed by atoms with E-state index < -0.39 is 11.8 Å². The van der Waals surface area contributed by atoms with Gasteiger partial charge in [-0.25, -0.2) is 0 Å². The van der Waals surface area contributed by atoms with Gasteiger partial charge in [-0.1, -0.05) is 31.0 Å². The molecule has 2 N–H and O–H groups in total. The molecular weight excluding hydrogens is 406 g/mol. The van der Waals surface area contributed by atoms with Crippen molar-refractivity contribution in [3.05, 3.63) is 53.6 Å². The maximum atomic E-state index is 12.0. The van der Waals surface area contributed by atoms with Crippen LogP contribution in [0.1, 0.15) is 43.2 Å². The van der Waals surface area contributed by atoms with Crippen molar-refractivity contribution < 1.29 is 19.1 Å². The number of hydrogen-bond acceptors (Lipinski definition) is 5. The second-order valence-electron chi connectivity index (χ2n) is 8.30. The highest BCUT2D eigenvalue weighted by Crippen LogP contribution is 2.32. The van der Waals surface area contributed by atoms with Gasteiger partial charge >= 0.3 is 11.8 Å². The van der Waals surface area contributed by atoms with E-state index in [-0.39, 0.29) is 13.3 Å². The molecule has 0 spiro atoms. The van der Waals surface area contributed by atoms with Crippen molar-refractivity contribution in [3.8, 4) is 11.5 Å². The topological polar surface area (TPSA) is 79.9 Å². The quantitative estimate of drug-likeness (QED) is 0.514. The van der Waals surface area contributed by atoms with Crippen molar-refractivity contribution in [2.45, 2.75) is 45.1 Å².